The van der Waals surface area contributed by atoms with Crippen LogP contribution in [0.15, 0.2) is 12.2 Å². The number of likely N-dealkylation sites (tertiary alicyclic amines) is 1. The fourth-order valence-electron chi connectivity index (χ4n) is 2.15. The van der Waals surface area contributed by atoms with Crippen LogP contribution >= 0.6 is 0 Å². The summed E-state index contributed by atoms with van der Waals surface area (Å²) in [5, 5.41) is 3.60. The second-order valence-electron chi connectivity index (χ2n) is 5.08. The van der Waals surface area contributed by atoms with E-state index in [1.165, 1.54) is 32.4 Å². The predicted octanol–water partition coefficient (Wildman–Crippen LogP) is 2.04. The maximum Gasteiger partial charge on any atom is 0.0672 e. The van der Waals surface area contributed by atoms with E-state index in [0.29, 0.717) is 6.61 Å². The maximum atomic E-state index is 5.53. The Balaban J connectivity index is 2.01. The Bertz CT molecular complexity index is 210. The molecule has 0 aromatic carbocycles. The third kappa shape index (κ3) is 6.81. The molecule has 0 bridgehead atoms. The lowest BCUT2D eigenvalue weighted by Crippen LogP contribution is -2.43. The van der Waals surface area contributed by atoms with Gasteiger partial charge in [-0.05, 0) is 45.8 Å². The van der Waals surface area contributed by atoms with Gasteiger partial charge in [-0.2, -0.15) is 0 Å². The van der Waals surface area contributed by atoms with Crippen LogP contribution in [0.1, 0.15) is 33.1 Å². The van der Waals surface area contributed by atoms with Gasteiger partial charge in [-0.25, -0.2) is 0 Å². The topological polar surface area (TPSA) is 24.5 Å². The van der Waals surface area contributed by atoms with Crippen LogP contribution in [0.2, 0.25) is 0 Å². The van der Waals surface area contributed by atoms with E-state index in [9.17, 15) is 0 Å². The molecule has 1 N–H and O–H groups in total. The number of hydrogen-bond donors (Lipinski definition) is 1. The van der Waals surface area contributed by atoms with Crippen molar-refractivity contribution in [2.45, 2.75) is 39.2 Å². The highest BCUT2D eigenvalue weighted by Gasteiger charge is 2.17. The van der Waals surface area contributed by atoms with Crippen LogP contribution in [0.25, 0.3) is 0 Å². The fraction of sp³-hybridized carbons (Fsp3) is 0.857. The molecule has 3 nitrogen and oxygen atoms in total. The minimum absolute atomic E-state index is 0.703. The number of piperidine rings is 1. The second kappa shape index (κ2) is 8.67. The summed E-state index contributed by atoms with van der Waals surface area (Å²) in [4.78, 5) is 2.50. The first-order valence-corrected chi connectivity index (χ1v) is 6.90. The van der Waals surface area contributed by atoms with E-state index in [1.54, 1.807) is 0 Å². The van der Waals surface area contributed by atoms with Crippen molar-refractivity contribution in [2.24, 2.45) is 0 Å². The molecule has 0 aromatic heterocycles. The van der Waals surface area contributed by atoms with Gasteiger partial charge in [0.2, 0.25) is 0 Å². The van der Waals surface area contributed by atoms with Crippen LogP contribution in [-0.4, -0.2) is 50.3 Å². The van der Waals surface area contributed by atoms with E-state index in [0.717, 1.165) is 31.3 Å². The van der Waals surface area contributed by atoms with Crippen molar-refractivity contribution in [3.63, 3.8) is 0 Å². The summed E-state index contributed by atoms with van der Waals surface area (Å²) in [6.45, 7) is 14.2. The van der Waals surface area contributed by atoms with Gasteiger partial charge in [-0.1, -0.05) is 19.1 Å². The van der Waals surface area contributed by atoms with E-state index in [2.05, 4.69) is 23.7 Å². The summed E-state index contributed by atoms with van der Waals surface area (Å²) in [6, 6.07) is 0.738. The lowest BCUT2D eigenvalue weighted by Gasteiger charge is -2.32. The fourth-order valence-corrected chi connectivity index (χ4v) is 2.15. The summed E-state index contributed by atoms with van der Waals surface area (Å²) in [7, 11) is 0. The molecule has 100 valence electrons. The summed E-state index contributed by atoms with van der Waals surface area (Å²) < 4.78 is 5.53. The Hall–Kier alpha value is -0.380. The summed E-state index contributed by atoms with van der Waals surface area (Å²) >= 11 is 0. The predicted molar refractivity (Wildman–Crippen MR) is 73.4 cm³/mol. The normalized spacial score (nSPS) is 18.5. The molecule has 0 atom stereocenters. The molecule has 1 heterocycles. The molecule has 0 spiro atoms. The molecule has 1 aliphatic rings. The van der Waals surface area contributed by atoms with Crippen LogP contribution < -0.4 is 5.32 Å². The first-order valence-electron chi connectivity index (χ1n) is 6.90. The molecule has 1 fully saturated rings. The van der Waals surface area contributed by atoms with Crippen LogP contribution in [0.3, 0.4) is 0 Å². The number of nitrogens with one attached hydrogen (secondary N) is 1. The van der Waals surface area contributed by atoms with Gasteiger partial charge in [0.1, 0.15) is 0 Å². The number of ether oxygens (including phenoxy) is 1. The van der Waals surface area contributed by atoms with Crippen LogP contribution in [0, 0.1) is 0 Å². The minimum Gasteiger partial charge on any atom is -0.376 e. The molecule has 1 rings (SSSR count). The zero-order chi connectivity index (χ0) is 12.5. The average Bonchev–Trinajstić information content (AvgIpc) is 2.33. The summed E-state index contributed by atoms with van der Waals surface area (Å²) in [6.07, 6.45) is 3.79. The van der Waals surface area contributed by atoms with Gasteiger partial charge in [0.25, 0.3) is 0 Å². The Labute approximate surface area is 106 Å². The van der Waals surface area contributed by atoms with Crippen molar-refractivity contribution in [3.05, 3.63) is 12.2 Å². The minimum atomic E-state index is 0.703. The molecule has 0 radical (unpaired) electrons. The van der Waals surface area contributed by atoms with Crippen molar-refractivity contribution in [1.82, 2.24) is 10.2 Å². The Morgan fingerprint density at radius 1 is 1.41 bits per heavy atom. The van der Waals surface area contributed by atoms with Crippen molar-refractivity contribution >= 4 is 0 Å². The van der Waals surface area contributed by atoms with Gasteiger partial charge in [0, 0.05) is 12.6 Å². The second-order valence-corrected chi connectivity index (χ2v) is 5.08. The van der Waals surface area contributed by atoms with Crippen molar-refractivity contribution < 1.29 is 4.74 Å². The van der Waals surface area contributed by atoms with E-state index >= 15 is 0 Å². The highest BCUT2D eigenvalue weighted by Crippen LogP contribution is 2.09. The third-order valence-corrected chi connectivity index (χ3v) is 3.17. The lowest BCUT2D eigenvalue weighted by molar-refractivity contribution is 0.105. The van der Waals surface area contributed by atoms with E-state index in [-0.39, 0.29) is 0 Å². The van der Waals surface area contributed by atoms with E-state index in [1.807, 2.05) is 6.92 Å². The number of hydrogen-bond acceptors (Lipinski definition) is 3. The smallest absolute Gasteiger partial charge is 0.0672 e. The SMILES string of the molecule is C=C(C)COCCN1CCC(NCCC)CC1. The molecule has 17 heavy (non-hydrogen) atoms. The van der Waals surface area contributed by atoms with Gasteiger partial charge in [0.05, 0.1) is 13.2 Å². The number of rotatable bonds is 8. The maximum absolute atomic E-state index is 5.53. The molecular weight excluding hydrogens is 212 g/mol. The molecule has 1 saturated heterocycles. The molecular formula is C14H28N2O. The molecule has 1 aliphatic heterocycles. The van der Waals surface area contributed by atoms with Crippen molar-refractivity contribution in [3.8, 4) is 0 Å². The van der Waals surface area contributed by atoms with Gasteiger partial charge >= 0.3 is 0 Å². The van der Waals surface area contributed by atoms with E-state index in [4.69, 9.17) is 4.74 Å². The summed E-state index contributed by atoms with van der Waals surface area (Å²) in [5.41, 5.74) is 1.10. The molecule has 3 heteroatoms. The molecule has 0 unspecified atom stereocenters. The van der Waals surface area contributed by atoms with Crippen LogP contribution in [0.4, 0.5) is 0 Å². The van der Waals surface area contributed by atoms with Crippen LogP contribution in [-0.2, 0) is 4.74 Å². The van der Waals surface area contributed by atoms with Crippen molar-refractivity contribution in [2.75, 3.05) is 39.4 Å². The van der Waals surface area contributed by atoms with Gasteiger partial charge in [-0.15, -0.1) is 0 Å². The zero-order valence-electron chi connectivity index (χ0n) is 11.5. The quantitative estimate of drug-likeness (QED) is 0.519. The first-order chi connectivity index (χ1) is 8.22. The highest BCUT2D eigenvalue weighted by atomic mass is 16.5. The first kappa shape index (κ1) is 14.7. The molecule has 0 saturated carbocycles. The zero-order valence-corrected chi connectivity index (χ0v) is 11.5. The Morgan fingerprint density at radius 2 is 2.12 bits per heavy atom. The summed E-state index contributed by atoms with van der Waals surface area (Å²) in [5.74, 6) is 0. The van der Waals surface area contributed by atoms with E-state index < -0.39 is 0 Å². The van der Waals surface area contributed by atoms with Gasteiger partial charge < -0.3 is 15.0 Å². The van der Waals surface area contributed by atoms with Crippen LogP contribution in [0.5, 0.6) is 0 Å². The molecule has 0 aliphatic carbocycles. The Morgan fingerprint density at radius 3 is 2.71 bits per heavy atom. The largest absolute Gasteiger partial charge is 0.376 e. The molecule has 0 aromatic rings. The number of nitrogens with zero attached hydrogens (tertiary/aromatic N) is 1. The van der Waals surface area contributed by atoms with Crippen molar-refractivity contribution in [1.29, 1.82) is 0 Å². The highest BCUT2D eigenvalue weighted by molar-refractivity contribution is 4.87. The molecule has 0 amide bonds. The third-order valence-electron chi connectivity index (χ3n) is 3.17. The lowest BCUT2D eigenvalue weighted by atomic mass is 10.1. The monoisotopic (exact) mass is 240 g/mol. The Kier molecular flexibility index (Phi) is 7.49. The average molecular weight is 240 g/mol. The van der Waals surface area contributed by atoms with Gasteiger partial charge in [-0.3, -0.25) is 0 Å². The van der Waals surface area contributed by atoms with Gasteiger partial charge in [0.15, 0.2) is 0 Å². The standard InChI is InChI=1S/C14H28N2O/c1-4-7-15-14-5-8-16(9-6-14)10-11-17-12-13(2)3/h14-15H,2,4-12H2,1,3H3.